The molecule has 0 aliphatic rings. The number of carbonyl (C=O) groups excluding carboxylic acids is 1. The smallest absolute Gasteiger partial charge is 0.233 e. The minimum atomic E-state index is -0.133. The Bertz CT molecular complexity index is 898. The number of hydrogen-bond donors (Lipinski definition) is 1. The van der Waals surface area contributed by atoms with E-state index >= 15 is 0 Å². The molecule has 0 aromatic heterocycles. The standard InChI is InChI=1S/C22H22ClNO2S/c1-2-21(27-20-11-8-18(23)9-12-20)22(25)24-13-14-26-19-10-7-16-5-3-4-6-17(16)15-19/h3-12,15,21H,2,13-14H2,1H3,(H,24,25)/t21-/m0/s1. The lowest BCUT2D eigenvalue weighted by molar-refractivity contribution is -0.120. The van der Waals surface area contributed by atoms with Crippen LogP contribution in [-0.2, 0) is 4.79 Å². The molecule has 5 heteroatoms. The highest BCUT2D eigenvalue weighted by atomic mass is 35.5. The molecule has 1 atom stereocenters. The predicted octanol–water partition coefficient (Wildman–Crippen LogP) is 5.56. The van der Waals surface area contributed by atoms with E-state index in [0.717, 1.165) is 22.5 Å². The zero-order valence-electron chi connectivity index (χ0n) is 15.2. The highest BCUT2D eigenvalue weighted by Gasteiger charge is 2.17. The molecule has 0 saturated carbocycles. The average Bonchev–Trinajstić information content (AvgIpc) is 2.70. The summed E-state index contributed by atoms with van der Waals surface area (Å²) in [6, 6.07) is 21.7. The Morgan fingerprint density at radius 1 is 1.07 bits per heavy atom. The van der Waals surface area contributed by atoms with Crippen molar-refractivity contribution in [1.29, 1.82) is 0 Å². The van der Waals surface area contributed by atoms with Gasteiger partial charge >= 0.3 is 0 Å². The second-order valence-corrected chi connectivity index (χ2v) is 7.83. The molecule has 27 heavy (non-hydrogen) atoms. The van der Waals surface area contributed by atoms with Gasteiger partial charge in [0, 0.05) is 9.92 Å². The molecule has 0 bridgehead atoms. The molecule has 0 fully saturated rings. The Hall–Kier alpha value is -2.17. The monoisotopic (exact) mass is 399 g/mol. The molecule has 0 aliphatic heterocycles. The van der Waals surface area contributed by atoms with E-state index in [-0.39, 0.29) is 11.2 Å². The van der Waals surface area contributed by atoms with Gasteiger partial charge in [0.25, 0.3) is 0 Å². The molecule has 0 radical (unpaired) electrons. The highest BCUT2D eigenvalue weighted by Crippen LogP contribution is 2.26. The van der Waals surface area contributed by atoms with Crippen molar-refractivity contribution in [2.24, 2.45) is 0 Å². The van der Waals surface area contributed by atoms with Crippen LogP contribution in [-0.4, -0.2) is 24.3 Å². The van der Waals surface area contributed by atoms with Crippen LogP contribution < -0.4 is 10.1 Å². The van der Waals surface area contributed by atoms with E-state index in [1.54, 1.807) is 11.8 Å². The van der Waals surface area contributed by atoms with Crippen molar-refractivity contribution < 1.29 is 9.53 Å². The normalized spacial score (nSPS) is 11.9. The molecule has 3 aromatic carbocycles. The molecule has 0 aliphatic carbocycles. The number of hydrogen-bond acceptors (Lipinski definition) is 3. The Labute approximate surface area is 169 Å². The first-order valence-electron chi connectivity index (χ1n) is 8.97. The van der Waals surface area contributed by atoms with Gasteiger partial charge in [-0.2, -0.15) is 0 Å². The molecule has 0 heterocycles. The fourth-order valence-corrected chi connectivity index (χ4v) is 3.82. The third kappa shape index (κ3) is 5.65. The summed E-state index contributed by atoms with van der Waals surface area (Å²) < 4.78 is 5.77. The minimum absolute atomic E-state index is 0.0274. The summed E-state index contributed by atoms with van der Waals surface area (Å²) in [5, 5.41) is 5.85. The first kappa shape index (κ1) is 19.6. The van der Waals surface area contributed by atoms with Crippen LogP contribution in [0.25, 0.3) is 10.8 Å². The van der Waals surface area contributed by atoms with Gasteiger partial charge in [-0.05, 0) is 53.6 Å². The van der Waals surface area contributed by atoms with Gasteiger partial charge in [-0.25, -0.2) is 0 Å². The van der Waals surface area contributed by atoms with E-state index < -0.39 is 0 Å². The van der Waals surface area contributed by atoms with Crippen LogP contribution in [0.4, 0.5) is 0 Å². The number of nitrogens with one attached hydrogen (secondary N) is 1. The molecule has 1 N–H and O–H groups in total. The molecule has 0 unspecified atom stereocenters. The molecular formula is C22H22ClNO2S. The summed E-state index contributed by atoms with van der Waals surface area (Å²) in [4.78, 5) is 13.5. The predicted molar refractivity (Wildman–Crippen MR) is 114 cm³/mol. The maximum absolute atomic E-state index is 12.4. The van der Waals surface area contributed by atoms with E-state index in [0.29, 0.717) is 18.2 Å². The third-order valence-corrected chi connectivity index (χ3v) is 5.77. The van der Waals surface area contributed by atoms with Gasteiger partial charge in [0.15, 0.2) is 0 Å². The SMILES string of the molecule is CC[C@H](Sc1ccc(Cl)cc1)C(=O)NCCOc1ccc2ccccc2c1. The maximum Gasteiger partial charge on any atom is 0.233 e. The lowest BCUT2D eigenvalue weighted by Gasteiger charge is -2.15. The van der Waals surface area contributed by atoms with E-state index in [1.165, 1.54) is 5.39 Å². The highest BCUT2D eigenvalue weighted by molar-refractivity contribution is 8.00. The Morgan fingerprint density at radius 2 is 1.81 bits per heavy atom. The van der Waals surface area contributed by atoms with Gasteiger partial charge in [-0.15, -0.1) is 11.8 Å². The Kier molecular flexibility index (Phi) is 7.02. The second-order valence-electron chi connectivity index (χ2n) is 6.12. The fourth-order valence-electron chi connectivity index (χ4n) is 2.71. The van der Waals surface area contributed by atoms with Gasteiger partial charge in [-0.1, -0.05) is 48.9 Å². The van der Waals surface area contributed by atoms with Crippen LogP contribution in [0.1, 0.15) is 13.3 Å². The number of rotatable bonds is 8. The third-order valence-electron chi connectivity index (χ3n) is 4.15. The number of benzene rings is 3. The molecule has 140 valence electrons. The number of halogens is 1. The Morgan fingerprint density at radius 3 is 2.56 bits per heavy atom. The number of carbonyl (C=O) groups is 1. The van der Waals surface area contributed by atoms with Crippen molar-refractivity contribution in [2.75, 3.05) is 13.2 Å². The maximum atomic E-state index is 12.4. The van der Waals surface area contributed by atoms with Crippen molar-refractivity contribution in [3.8, 4) is 5.75 Å². The topological polar surface area (TPSA) is 38.3 Å². The summed E-state index contributed by atoms with van der Waals surface area (Å²) in [5.41, 5.74) is 0. The van der Waals surface area contributed by atoms with Crippen molar-refractivity contribution in [2.45, 2.75) is 23.5 Å². The largest absolute Gasteiger partial charge is 0.492 e. The summed E-state index contributed by atoms with van der Waals surface area (Å²) >= 11 is 7.46. The summed E-state index contributed by atoms with van der Waals surface area (Å²) in [6.45, 7) is 2.92. The average molecular weight is 400 g/mol. The zero-order valence-corrected chi connectivity index (χ0v) is 16.7. The molecule has 3 nitrogen and oxygen atoms in total. The molecule has 3 aromatic rings. The minimum Gasteiger partial charge on any atom is -0.492 e. The first-order chi connectivity index (χ1) is 13.2. The van der Waals surface area contributed by atoms with Crippen molar-refractivity contribution >= 4 is 40.0 Å². The number of thioether (sulfide) groups is 1. The summed E-state index contributed by atoms with van der Waals surface area (Å²) in [5.74, 6) is 0.838. The first-order valence-corrected chi connectivity index (χ1v) is 10.2. The molecule has 1 amide bonds. The van der Waals surface area contributed by atoms with Gasteiger partial charge in [0.2, 0.25) is 5.91 Å². The summed E-state index contributed by atoms with van der Waals surface area (Å²) in [7, 11) is 0. The lowest BCUT2D eigenvalue weighted by atomic mass is 10.1. The number of ether oxygens (including phenoxy) is 1. The molecule has 3 rings (SSSR count). The van der Waals surface area contributed by atoms with E-state index in [9.17, 15) is 4.79 Å². The van der Waals surface area contributed by atoms with Crippen LogP contribution in [0.15, 0.2) is 71.6 Å². The number of amides is 1. The van der Waals surface area contributed by atoms with E-state index in [1.807, 2.05) is 61.5 Å². The van der Waals surface area contributed by atoms with Gasteiger partial charge < -0.3 is 10.1 Å². The van der Waals surface area contributed by atoms with Crippen molar-refractivity contribution in [1.82, 2.24) is 5.32 Å². The van der Waals surface area contributed by atoms with Crippen LogP contribution in [0.2, 0.25) is 5.02 Å². The molecule has 0 spiro atoms. The van der Waals surface area contributed by atoms with E-state index in [4.69, 9.17) is 16.3 Å². The fraction of sp³-hybridized carbons (Fsp3) is 0.227. The molecular weight excluding hydrogens is 378 g/mol. The van der Waals surface area contributed by atoms with Gasteiger partial charge in [0.1, 0.15) is 12.4 Å². The van der Waals surface area contributed by atoms with Gasteiger partial charge in [-0.3, -0.25) is 4.79 Å². The lowest BCUT2D eigenvalue weighted by Crippen LogP contribution is -2.35. The Balaban J connectivity index is 1.46. The summed E-state index contributed by atoms with van der Waals surface area (Å²) in [6.07, 6.45) is 0.755. The second kappa shape index (κ2) is 9.67. The number of fused-ring (bicyclic) bond motifs is 1. The van der Waals surface area contributed by atoms with Crippen molar-refractivity contribution in [3.63, 3.8) is 0 Å². The van der Waals surface area contributed by atoms with Crippen molar-refractivity contribution in [3.05, 3.63) is 71.8 Å². The molecule has 0 saturated heterocycles. The van der Waals surface area contributed by atoms with Crippen LogP contribution in [0.5, 0.6) is 5.75 Å². The zero-order chi connectivity index (χ0) is 19.1. The van der Waals surface area contributed by atoms with Crippen LogP contribution >= 0.6 is 23.4 Å². The van der Waals surface area contributed by atoms with Gasteiger partial charge in [0.05, 0.1) is 11.8 Å². The van der Waals surface area contributed by atoms with Crippen LogP contribution in [0, 0.1) is 0 Å². The van der Waals surface area contributed by atoms with Crippen LogP contribution in [0.3, 0.4) is 0 Å². The van der Waals surface area contributed by atoms with E-state index in [2.05, 4.69) is 17.4 Å². The quantitative estimate of drug-likeness (QED) is 0.398.